The predicted molar refractivity (Wildman–Crippen MR) is 112 cm³/mol. The van der Waals surface area contributed by atoms with E-state index in [-0.39, 0.29) is 0 Å². The van der Waals surface area contributed by atoms with Gasteiger partial charge in [-0.3, -0.25) is 0 Å². The first-order valence-corrected chi connectivity index (χ1v) is 8.86. The third kappa shape index (κ3) is 4.79. The normalized spacial score (nSPS) is 10.7. The number of hydrogen-bond acceptors (Lipinski definition) is 3. The van der Waals surface area contributed by atoms with Gasteiger partial charge < -0.3 is 15.1 Å². The van der Waals surface area contributed by atoms with E-state index >= 15 is 0 Å². The van der Waals surface area contributed by atoms with Crippen LogP contribution in [0.25, 0.3) is 22.9 Å². The third-order valence-electron chi connectivity index (χ3n) is 4.35. The van der Waals surface area contributed by atoms with Crippen LogP contribution in [0.4, 0.5) is 0 Å². The van der Waals surface area contributed by atoms with E-state index in [0.717, 1.165) is 11.1 Å². The zero-order chi connectivity index (χ0) is 19.1. The maximum atomic E-state index is 9.66. The molecule has 0 aromatic heterocycles. The van der Waals surface area contributed by atoms with Gasteiger partial charge in [-0.1, -0.05) is 97.1 Å². The topological polar surface area (TPSA) is 43.7 Å². The first-order valence-electron chi connectivity index (χ1n) is 8.86. The largest absolute Gasteiger partial charge is 0.480 e. The molecule has 0 spiro atoms. The summed E-state index contributed by atoms with van der Waals surface area (Å²) in [5, 5.41) is 19.3. The van der Waals surface area contributed by atoms with Gasteiger partial charge in [-0.05, 0) is 16.7 Å². The molecular weight excluding hydrogens is 334 g/mol. The summed E-state index contributed by atoms with van der Waals surface area (Å²) < 4.78 is 0. The van der Waals surface area contributed by atoms with E-state index < -0.39 is 5.95 Å². The third-order valence-corrected chi connectivity index (χ3v) is 4.35. The van der Waals surface area contributed by atoms with Crippen LogP contribution in [0, 0.1) is 0 Å². The molecule has 0 atom stereocenters. The van der Waals surface area contributed by atoms with Crippen molar-refractivity contribution in [3.05, 3.63) is 108 Å². The summed E-state index contributed by atoms with van der Waals surface area (Å²) >= 11 is 0. The van der Waals surface area contributed by atoms with Crippen LogP contribution >= 0.6 is 0 Å². The Kier molecular flexibility index (Phi) is 5.95. The van der Waals surface area contributed by atoms with Gasteiger partial charge >= 0.3 is 0 Å². The van der Waals surface area contributed by atoms with Gasteiger partial charge in [0.05, 0.1) is 0 Å². The zero-order valence-electron chi connectivity index (χ0n) is 15.3. The first kappa shape index (κ1) is 18.3. The Morgan fingerprint density at radius 3 is 1.93 bits per heavy atom. The number of aliphatic hydroxyl groups excluding tert-OH is 1. The van der Waals surface area contributed by atoms with Crippen molar-refractivity contribution in [3.8, 4) is 11.1 Å². The highest BCUT2D eigenvalue weighted by atomic mass is 16.5. The molecule has 3 aromatic rings. The van der Waals surface area contributed by atoms with E-state index in [2.05, 4.69) is 36.4 Å². The van der Waals surface area contributed by atoms with Gasteiger partial charge in [0.15, 0.2) is 0 Å². The lowest BCUT2D eigenvalue weighted by atomic mass is 10.0. The minimum atomic E-state index is -0.677. The Labute approximate surface area is 160 Å². The molecule has 3 rings (SSSR count). The van der Waals surface area contributed by atoms with Gasteiger partial charge in [-0.15, -0.1) is 0 Å². The van der Waals surface area contributed by atoms with Gasteiger partial charge in [0.25, 0.3) is 5.95 Å². The van der Waals surface area contributed by atoms with E-state index in [1.165, 1.54) is 11.1 Å². The van der Waals surface area contributed by atoms with Crippen molar-refractivity contribution in [3.63, 3.8) is 0 Å². The summed E-state index contributed by atoms with van der Waals surface area (Å²) in [7, 11) is 1.83. The second kappa shape index (κ2) is 8.77. The average molecular weight is 357 g/mol. The second-order valence-electron chi connectivity index (χ2n) is 6.31. The number of likely N-dealkylation sites (N-methyl/N-ethyl adjacent to an activating group) is 1. The van der Waals surface area contributed by atoms with Crippen molar-refractivity contribution in [1.29, 1.82) is 0 Å². The van der Waals surface area contributed by atoms with Crippen molar-refractivity contribution in [2.75, 3.05) is 13.6 Å². The minimum absolute atomic E-state index is 0.402. The fourth-order valence-electron chi connectivity index (χ4n) is 2.97. The Morgan fingerprint density at radius 2 is 1.33 bits per heavy atom. The molecule has 0 amide bonds. The van der Waals surface area contributed by atoms with Crippen molar-refractivity contribution in [1.82, 2.24) is 4.90 Å². The van der Waals surface area contributed by atoms with Crippen LogP contribution in [-0.2, 0) is 0 Å². The molecule has 27 heavy (non-hydrogen) atoms. The van der Waals surface area contributed by atoms with Crippen LogP contribution in [0.2, 0.25) is 0 Å². The minimum Gasteiger partial charge on any atom is -0.480 e. The fourth-order valence-corrected chi connectivity index (χ4v) is 2.97. The van der Waals surface area contributed by atoms with Gasteiger partial charge in [-0.25, -0.2) is 0 Å². The SMILES string of the molecule is CN(C/C=C/c1ccc(-c2ccccc2)cc1)C(=C(O)O)c1ccccc1. The molecular formula is C24H23NO2. The summed E-state index contributed by atoms with van der Waals surface area (Å²) in [6.07, 6.45) is 4.03. The Hall–Kier alpha value is -3.46. The van der Waals surface area contributed by atoms with Gasteiger partial charge in [-0.2, -0.15) is 0 Å². The molecule has 0 heterocycles. The van der Waals surface area contributed by atoms with Crippen LogP contribution in [0.3, 0.4) is 0 Å². The number of rotatable bonds is 6. The van der Waals surface area contributed by atoms with Crippen LogP contribution in [0.15, 0.2) is 97.0 Å². The van der Waals surface area contributed by atoms with Crippen molar-refractivity contribution in [2.45, 2.75) is 0 Å². The second-order valence-corrected chi connectivity index (χ2v) is 6.31. The maximum Gasteiger partial charge on any atom is 0.299 e. The number of aliphatic hydroxyl groups is 2. The summed E-state index contributed by atoms with van der Waals surface area (Å²) in [6, 6.07) is 28.0. The summed E-state index contributed by atoms with van der Waals surface area (Å²) in [5.41, 5.74) is 4.65. The highest BCUT2D eigenvalue weighted by Gasteiger charge is 2.12. The van der Waals surface area contributed by atoms with Crippen LogP contribution in [0.5, 0.6) is 0 Å². The number of benzene rings is 3. The molecule has 136 valence electrons. The first-order chi connectivity index (χ1) is 13.1. The van der Waals surface area contributed by atoms with E-state index in [4.69, 9.17) is 0 Å². The van der Waals surface area contributed by atoms with Crippen LogP contribution < -0.4 is 0 Å². The Morgan fingerprint density at radius 1 is 0.778 bits per heavy atom. The smallest absolute Gasteiger partial charge is 0.299 e. The molecule has 2 N–H and O–H groups in total. The van der Waals surface area contributed by atoms with Gasteiger partial charge in [0.2, 0.25) is 0 Å². The lowest BCUT2D eigenvalue weighted by molar-refractivity contribution is 0.186. The standard InChI is InChI=1S/C24H23NO2/c1-25(23(24(26)27)22-12-6-3-7-13-22)18-8-9-19-14-16-21(17-15-19)20-10-4-2-5-11-20/h2-17,26-27H,18H2,1H3/b9-8+. The Balaban J connectivity index is 1.67. The zero-order valence-corrected chi connectivity index (χ0v) is 15.3. The maximum absolute atomic E-state index is 9.66. The van der Waals surface area contributed by atoms with E-state index in [9.17, 15) is 10.2 Å². The van der Waals surface area contributed by atoms with Crippen LogP contribution in [0.1, 0.15) is 11.1 Å². The molecule has 0 aliphatic heterocycles. The van der Waals surface area contributed by atoms with Crippen molar-refractivity contribution >= 4 is 11.8 Å². The highest BCUT2D eigenvalue weighted by molar-refractivity contribution is 5.66. The Bertz CT molecular complexity index is 910. The molecule has 3 aromatic carbocycles. The lowest BCUT2D eigenvalue weighted by Crippen LogP contribution is -2.18. The molecule has 0 saturated heterocycles. The van der Waals surface area contributed by atoms with Crippen molar-refractivity contribution in [2.24, 2.45) is 0 Å². The fraction of sp³-hybridized carbons (Fsp3) is 0.0833. The van der Waals surface area contributed by atoms with Crippen molar-refractivity contribution < 1.29 is 10.2 Å². The number of nitrogens with zero attached hydrogens (tertiary/aromatic N) is 1. The van der Waals surface area contributed by atoms with Gasteiger partial charge in [0, 0.05) is 19.2 Å². The van der Waals surface area contributed by atoms with Gasteiger partial charge in [0.1, 0.15) is 5.70 Å². The molecule has 3 heteroatoms. The summed E-state index contributed by atoms with van der Waals surface area (Å²) in [5.74, 6) is -0.677. The molecule has 0 unspecified atom stereocenters. The molecule has 3 nitrogen and oxygen atoms in total. The molecule has 0 saturated carbocycles. The van der Waals surface area contributed by atoms with E-state index in [1.807, 2.05) is 67.7 Å². The van der Waals surface area contributed by atoms with E-state index in [0.29, 0.717) is 12.2 Å². The predicted octanol–water partition coefficient (Wildman–Crippen LogP) is 5.74. The van der Waals surface area contributed by atoms with Crippen LogP contribution in [-0.4, -0.2) is 28.7 Å². The molecule has 0 fully saturated rings. The monoisotopic (exact) mass is 357 g/mol. The quantitative estimate of drug-likeness (QED) is 0.553. The average Bonchev–Trinajstić information content (AvgIpc) is 2.70. The summed E-state index contributed by atoms with van der Waals surface area (Å²) in [4.78, 5) is 1.81. The molecule has 0 radical (unpaired) electrons. The lowest BCUT2D eigenvalue weighted by Gasteiger charge is -2.20. The molecule has 0 aliphatic carbocycles. The highest BCUT2D eigenvalue weighted by Crippen LogP contribution is 2.21. The number of hydrogen-bond donors (Lipinski definition) is 2. The molecule has 0 aliphatic rings. The van der Waals surface area contributed by atoms with E-state index in [1.54, 1.807) is 4.90 Å². The summed E-state index contributed by atoms with van der Waals surface area (Å²) in [6.45, 7) is 0.551. The molecule has 0 bridgehead atoms.